The van der Waals surface area contributed by atoms with Crippen molar-refractivity contribution in [3.8, 4) is 0 Å². The smallest absolute Gasteiger partial charge is 0.328 e. The van der Waals surface area contributed by atoms with Gasteiger partial charge < -0.3 is 10.1 Å². The molecule has 1 unspecified atom stereocenters. The fourth-order valence-corrected chi connectivity index (χ4v) is 1.75. The third kappa shape index (κ3) is 8.73. The Kier molecular flexibility index (Phi) is 9.77. The van der Waals surface area contributed by atoms with Crippen molar-refractivity contribution in [2.45, 2.75) is 66.3 Å². The average molecular weight is 283 g/mol. The third-order valence-electron chi connectivity index (χ3n) is 2.88. The first-order valence-electron chi connectivity index (χ1n) is 7.50. The molecule has 4 heteroatoms. The van der Waals surface area contributed by atoms with Crippen molar-refractivity contribution in [3.63, 3.8) is 0 Å². The van der Waals surface area contributed by atoms with E-state index >= 15 is 0 Å². The first-order chi connectivity index (χ1) is 9.38. The average Bonchev–Trinajstić information content (AvgIpc) is 2.34. The molecule has 0 saturated carbocycles. The van der Waals surface area contributed by atoms with Crippen molar-refractivity contribution in [1.29, 1.82) is 0 Å². The van der Waals surface area contributed by atoms with Crippen molar-refractivity contribution in [2.24, 2.45) is 5.92 Å². The highest BCUT2D eigenvalue weighted by atomic mass is 16.5. The van der Waals surface area contributed by atoms with E-state index in [-0.39, 0.29) is 17.8 Å². The van der Waals surface area contributed by atoms with Gasteiger partial charge in [-0.3, -0.25) is 4.79 Å². The van der Waals surface area contributed by atoms with Crippen LogP contribution in [-0.2, 0) is 14.3 Å². The Labute approximate surface area is 123 Å². The van der Waals surface area contributed by atoms with Crippen LogP contribution in [0.4, 0.5) is 0 Å². The van der Waals surface area contributed by atoms with Crippen LogP contribution < -0.4 is 5.32 Å². The molecule has 0 aromatic rings. The molecule has 0 aromatic heterocycles. The van der Waals surface area contributed by atoms with Crippen molar-refractivity contribution >= 4 is 11.9 Å². The van der Waals surface area contributed by atoms with E-state index in [1.807, 2.05) is 27.7 Å². The highest BCUT2D eigenvalue weighted by molar-refractivity contribution is 5.92. The van der Waals surface area contributed by atoms with Gasteiger partial charge in [-0.1, -0.05) is 45.6 Å². The molecule has 0 bridgehead atoms. The monoisotopic (exact) mass is 283 g/mol. The Morgan fingerprint density at radius 2 is 1.80 bits per heavy atom. The summed E-state index contributed by atoms with van der Waals surface area (Å²) >= 11 is 0. The van der Waals surface area contributed by atoms with Crippen LogP contribution in [0.5, 0.6) is 0 Å². The first kappa shape index (κ1) is 18.7. The predicted molar refractivity (Wildman–Crippen MR) is 81.3 cm³/mol. The van der Waals surface area contributed by atoms with Gasteiger partial charge in [-0.05, 0) is 26.2 Å². The number of ether oxygens (including phenoxy) is 1. The normalized spacial score (nSPS) is 11.9. The molecule has 0 aromatic carbocycles. The SMILES string of the molecule is CCCCCCOC(=O)C(NC(=O)C=C(C)C)C(C)C. The fraction of sp³-hybridized carbons (Fsp3) is 0.750. The van der Waals surface area contributed by atoms with Gasteiger partial charge in [0.15, 0.2) is 0 Å². The van der Waals surface area contributed by atoms with Crippen LogP contribution in [0.25, 0.3) is 0 Å². The van der Waals surface area contributed by atoms with Gasteiger partial charge in [0.25, 0.3) is 0 Å². The molecular weight excluding hydrogens is 254 g/mol. The van der Waals surface area contributed by atoms with Gasteiger partial charge in [0.2, 0.25) is 5.91 Å². The second-order valence-electron chi connectivity index (χ2n) is 5.68. The molecular formula is C16H29NO3. The van der Waals surface area contributed by atoms with Gasteiger partial charge in [-0.15, -0.1) is 0 Å². The zero-order valence-corrected chi connectivity index (χ0v) is 13.5. The third-order valence-corrected chi connectivity index (χ3v) is 2.88. The number of nitrogens with one attached hydrogen (secondary N) is 1. The Bertz CT molecular complexity index is 331. The minimum Gasteiger partial charge on any atom is -0.464 e. The Hall–Kier alpha value is -1.32. The van der Waals surface area contributed by atoms with Crippen molar-refractivity contribution in [1.82, 2.24) is 5.32 Å². The molecule has 4 nitrogen and oxygen atoms in total. The Morgan fingerprint density at radius 3 is 2.30 bits per heavy atom. The number of allylic oxidation sites excluding steroid dienone is 1. The zero-order chi connectivity index (χ0) is 15.5. The van der Waals surface area contributed by atoms with E-state index in [0.29, 0.717) is 6.61 Å². The summed E-state index contributed by atoms with van der Waals surface area (Å²) in [7, 11) is 0. The standard InChI is InChI=1S/C16H29NO3/c1-6-7-8-9-10-20-16(19)15(13(4)5)17-14(18)11-12(2)3/h11,13,15H,6-10H2,1-5H3,(H,17,18). The van der Waals surface area contributed by atoms with E-state index in [4.69, 9.17) is 4.74 Å². The lowest BCUT2D eigenvalue weighted by atomic mass is 10.0. The number of unbranched alkanes of at least 4 members (excludes halogenated alkanes) is 3. The number of hydrogen-bond acceptors (Lipinski definition) is 3. The summed E-state index contributed by atoms with van der Waals surface area (Å²) in [6.45, 7) is 10.0. The molecule has 0 aliphatic rings. The maximum Gasteiger partial charge on any atom is 0.328 e. The van der Waals surface area contributed by atoms with Crippen LogP contribution in [0.2, 0.25) is 0 Å². The molecule has 116 valence electrons. The summed E-state index contributed by atoms with van der Waals surface area (Å²) in [5, 5.41) is 2.71. The molecule has 0 aliphatic carbocycles. The summed E-state index contributed by atoms with van der Waals surface area (Å²) in [4.78, 5) is 23.7. The molecule has 0 spiro atoms. The number of hydrogen-bond donors (Lipinski definition) is 1. The van der Waals surface area contributed by atoms with Gasteiger partial charge in [-0.25, -0.2) is 4.79 Å². The molecule has 0 rings (SSSR count). The molecule has 0 saturated heterocycles. The Morgan fingerprint density at radius 1 is 1.15 bits per heavy atom. The molecule has 20 heavy (non-hydrogen) atoms. The Balaban J connectivity index is 4.27. The molecule has 1 amide bonds. The van der Waals surface area contributed by atoms with E-state index in [1.54, 1.807) is 0 Å². The number of amides is 1. The molecule has 0 fully saturated rings. The molecule has 1 N–H and O–H groups in total. The lowest BCUT2D eigenvalue weighted by molar-refractivity contribution is -0.148. The van der Waals surface area contributed by atoms with Gasteiger partial charge in [0, 0.05) is 6.08 Å². The van der Waals surface area contributed by atoms with Gasteiger partial charge in [-0.2, -0.15) is 0 Å². The molecule has 1 atom stereocenters. The van der Waals surface area contributed by atoms with Crippen molar-refractivity contribution in [2.75, 3.05) is 6.61 Å². The predicted octanol–water partition coefficient (Wildman–Crippen LogP) is 3.22. The van der Waals surface area contributed by atoms with Crippen molar-refractivity contribution in [3.05, 3.63) is 11.6 Å². The summed E-state index contributed by atoms with van der Waals surface area (Å²) in [6.07, 6.45) is 5.75. The largest absolute Gasteiger partial charge is 0.464 e. The van der Waals surface area contributed by atoms with E-state index in [1.165, 1.54) is 6.08 Å². The second kappa shape index (κ2) is 10.5. The number of carbonyl (C=O) groups excluding carboxylic acids is 2. The van der Waals surface area contributed by atoms with Crippen LogP contribution >= 0.6 is 0 Å². The quantitative estimate of drug-likeness (QED) is 0.401. The summed E-state index contributed by atoms with van der Waals surface area (Å²) < 4.78 is 5.24. The zero-order valence-electron chi connectivity index (χ0n) is 13.5. The van der Waals surface area contributed by atoms with E-state index in [9.17, 15) is 9.59 Å². The minimum atomic E-state index is -0.579. The molecule has 0 heterocycles. The number of rotatable bonds is 9. The summed E-state index contributed by atoms with van der Waals surface area (Å²) in [6, 6.07) is -0.579. The van der Waals surface area contributed by atoms with E-state index < -0.39 is 6.04 Å². The molecule has 0 aliphatic heterocycles. The lowest BCUT2D eigenvalue weighted by Crippen LogP contribution is -2.44. The summed E-state index contributed by atoms with van der Waals surface area (Å²) in [5.41, 5.74) is 0.901. The number of carbonyl (C=O) groups is 2. The van der Waals surface area contributed by atoms with Gasteiger partial charge in [0.05, 0.1) is 6.61 Å². The second-order valence-corrected chi connectivity index (χ2v) is 5.68. The maximum absolute atomic E-state index is 12.0. The fourth-order valence-electron chi connectivity index (χ4n) is 1.75. The minimum absolute atomic E-state index is 0.00709. The van der Waals surface area contributed by atoms with Crippen molar-refractivity contribution < 1.29 is 14.3 Å². The highest BCUT2D eigenvalue weighted by Gasteiger charge is 2.24. The van der Waals surface area contributed by atoms with Gasteiger partial charge in [0.1, 0.15) is 6.04 Å². The number of esters is 1. The lowest BCUT2D eigenvalue weighted by Gasteiger charge is -2.20. The topological polar surface area (TPSA) is 55.4 Å². The maximum atomic E-state index is 12.0. The van der Waals surface area contributed by atoms with Crippen LogP contribution in [0.15, 0.2) is 11.6 Å². The van der Waals surface area contributed by atoms with Crippen LogP contribution in [0.1, 0.15) is 60.3 Å². The first-order valence-corrected chi connectivity index (χ1v) is 7.50. The van der Waals surface area contributed by atoms with E-state index in [0.717, 1.165) is 31.3 Å². The van der Waals surface area contributed by atoms with Crippen LogP contribution in [0.3, 0.4) is 0 Å². The molecule has 0 radical (unpaired) electrons. The van der Waals surface area contributed by atoms with Crippen LogP contribution in [0, 0.1) is 5.92 Å². The van der Waals surface area contributed by atoms with Gasteiger partial charge >= 0.3 is 5.97 Å². The summed E-state index contributed by atoms with van der Waals surface area (Å²) in [5.74, 6) is -0.578. The van der Waals surface area contributed by atoms with Crippen LogP contribution in [-0.4, -0.2) is 24.5 Å². The van der Waals surface area contributed by atoms with E-state index in [2.05, 4.69) is 12.2 Å². The highest BCUT2D eigenvalue weighted by Crippen LogP contribution is 2.06.